The van der Waals surface area contributed by atoms with Gasteiger partial charge in [-0.05, 0) is 30.3 Å². The third kappa shape index (κ3) is 3.89. The lowest BCUT2D eigenvalue weighted by Crippen LogP contribution is -2.33. The van der Waals surface area contributed by atoms with E-state index in [1.54, 1.807) is 12.3 Å². The molecule has 2 aromatic heterocycles. The first kappa shape index (κ1) is 20.3. The molecule has 0 aliphatic carbocycles. The summed E-state index contributed by atoms with van der Waals surface area (Å²) >= 11 is 0. The van der Waals surface area contributed by atoms with Crippen molar-refractivity contribution in [3.8, 4) is 5.75 Å². The molecule has 1 aliphatic heterocycles. The minimum absolute atomic E-state index is 0.351. The first-order chi connectivity index (χ1) is 14.3. The highest BCUT2D eigenvalue weighted by Crippen LogP contribution is 2.34. The molecule has 4 atom stereocenters. The molecule has 0 saturated carbocycles. The number of anilines is 2. The lowest BCUT2D eigenvalue weighted by atomic mass is 10.1. The van der Waals surface area contributed by atoms with Crippen LogP contribution >= 0.6 is 0 Å². The molecule has 2 unspecified atom stereocenters. The maximum Gasteiger partial charge on any atom is 0.573 e. The number of halogens is 3. The van der Waals surface area contributed by atoms with Crippen LogP contribution in [0.5, 0.6) is 5.75 Å². The number of hydrogen-bond donors (Lipinski definition) is 4. The monoisotopic (exact) mass is 426 g/mol. The zero-order chi connectivity index (χ0) is 21.5. The van der Waals surface area contributed by atoms with E-state index in [-0.39, 0.29) is 5.75 Å². The highest BCUT2D eigenvalue weighted by Gasteiger charge is 2.43. The van der Waals surface area contributed by atoms with Gasteiger partial charge in [-0.3, -0.25) is 0 Å². The number of nitrogens with one attached hydrogen (secondary N) is 1. The summed E-state index contributed by atoms with van der Waals surface area (Å²) in [6.07, 6.45) is -6.34. The summed E-state index contributed by atoms with van der Waals surface area (Å²) in [5, 5.41) is 33.0. The van der Waals surface area contributed by atoms with Crippen molar-refractivity contribution in [2.45, 2.75) is 30.9 Å². The molecule has 3 aromatic rings. The molecule has 1 fully saturated rings. The van der Waals surface area contributed by atoms with E-state index in [4.69, 9.17) is 4.74 Å². The van der Waals surface area contributed by atoms with Crippen LogP contribution in [0.15, 0.2) is 42.9 Å². The van der Waals surface area contributed by atoms with Gasteiger partial charge in [-0.2, -0.15) is 0 Å². The topological polar surface area (TPSA) is 122 Å². The second-order valence-corrected chi connectivity index (χ2v) is 6.61. The van der Waals surface area contributed by atoms with Gasteiger partial charge < -0.3 is 34.7 Å². The van der Waals surface area contributed by atoms with Crippen molar-refractivity contribution in [2.75, 3.05) is 11.9 Å². The predicted octanol–water partition coefficient (Wildman–Crippen LogP) is 1.68. The van der Waals surface area contributed by atoms with Gasteiger partial charge in [0.1, 0.15) is 41.9 Å². The Morgan fingerprint density at radius 1 is 1.10 bits per heavy atom. The lowest BCUT2D eigenvalue weighted by Gasteiger charge is -2.17. The number of nitrogens with zero attached hydrogens (tertiary/aromatic N) is 3. The zero-order valence-electron chi connectivity index (χ0n) is 15.2. The predicted molar refractivity (Wildman–Crippen MR) is 96.9 cm³/mol. The fourth-order valence-electron chi connectivity index (χ4n) is 3.26. The summed E-state index contributed by atoms with van der Waals surface area (Å²) in [6.45, 7) is -0.455. The molecule has 160 valence electrons. The van der Waals surface area contributed by atoms with Crippen molar-refractivity contribution >= 4 is 22.5 Å². The fraction of sp³-hybridized carbons (Fsp3) is 0.333. The Morgan fingerprint density at radius 2 is 1.83 bits per heavy atom. The van der Waals surface area contributed by atoms with Crippen LogP contribution in [-0.2, 0) is 4.74 Å². The molecule has 4 rings (SSSR count). The van der Waals surface area contributed by atoms with Crippen molar-refractivity contribution in [1.29, 1.82) is 0 Å². The number of rotatable bonds is 5. The number of aromatic nitrogens is 3. The molecule has 3 heterocycles. The normalized spacial score (nSPS) is 24.3. The van der Waals surface area contributed by atoms with Gasteiger partial charge in [0, 0.05) is 11.9 Å². The van der Waals surface area contributed by atoms with Crippen LogP contribution < -0.4 is 10.1 Å². The number of aliphatic hydroxyl groups excluding tert-OH is 3. The summed E-state index contributed by atoms with van der Waals surface area (Å²) in [6, 6.07) is 6.79. The Bertz CT molecular complexity index is 1030. The third-order valence-electron chi connectivity index (χ3n) is 4.65. The van der Waals surface area contributed by atoms with Crippen molar-refractivity contribution in [2.24, 2.45) is 0 Å². The van der Waals surface area contributed by atoms with E-state index >= 15 is 0 Å². The first-order valence-corrected chi connectivity index (χ1v) is 8.83. The Labute approximate surface area is 167 Å². The van der Waals surface area contributed by atoms with Gasteiger partial charge in [0.05, 0.1) is 12.0 Å². The van der Waals surface area contributed by atoms with E-state index in [9.17, 15) is 28.5 Å². The second kappa shape index (κ2) is 7.72. The van der Waals surface area contributed by atoms with E-state index in [0.29, 0.717) is 22.5 Å². The molecule has 1 aromatic carbocycles. The highest BCUT2D eigenvalue weighted by molar-refractivity contribution is 5.89. The van der Waals surface area contributed by atoms with Gasteiger partial charge >= 0.3 is 6.36 Å². The summed E-state index contributed by atoms with van der Waals surface area (Å²) in [5.41, 5.74) is 0.851. The molecule has 12 heteroatoms. The smallest absolute Gasteiger partial charge is 0.406 e. The zero-order valence-corrected chi connectivity index (χ0v) is 15.2. The number of alkyl halides is 3. The SMILES string of the molecule is OC[C@H]1OC(n2ccc3c(Nc4ccc(OC(F)(F)F)cc4)ncnc32)C(O)[C@@H]1O. The van der Waals surface area contributed by atoms with Crippen molar-refractivity contribution in [3.05, 3.63) is 42.9 Å². The number of aliphatic hydroxyl groups is 3. The lowest BCUT2D eigenvalue weighted by molar-refractivity contribution is -0.274. The molecular weight excluding hydrogens is 409 g/mol. The van der Waals surface area contributed by atoms with Crippen LogP contribution in [-0.4, -0.2) is 61.1 Å². The van der Waals surface area contributed by atoms with Gasteiger partial charge in [0.15, 0.2) is 6.23 Å². The van der Waals surface area contributed by atoms with Crippen LogP contribution in [0.25, 0.3) is 11.0 Å². The summed E-state index contributed by atoms with van der Waals surface area (Å²) < 4.78 is 47.7. The van der Waals surface area contributed by atoms with Crippen LogP contribution in [0, 0.1) is 0 Å². The minimum atomic E-state index is -4.77. The van der Waals surface area contributed by atoms with E-state index in [1.165, 1.54) is 35.2 Å². The van der Waals surface area contributed by atoms with Gasteiger partial charge in [0.2, 0.25) is 0 Å². The van der Waals surface area contributed by atoms with E-state index in [0.717, 1.165) is 0 Å². The third-order valence-corrected chi connectivity index (χ3v) is 4.65. The van der Waals surface area contributed by atoms with Crippen LogP contribution in [0.4, 0.5) is 24.7 Å². The molecule has 30 heavy (non-hydrogen) atoms. The maximum atomic E-state index is 12.3. The average Bonchev–Trinajstić information content (AvgIpc) is 3.24. The van der Waals surface area contributed by atoms with Gasteiger partial charge in [-0.25, -0.2) is 9.97 Å². The fourth-order valence-corrected chi connectivity index (χ4v) is 3.26. The Hall–Kier alpha value is -2.93. The summed E-state index contributed by atoms with van der Waals surface area (Å²) in [7, 11) is 0. The summed E-state index contributed by atoms with van der Waals surface area (Å²) in [4.78, 5) is 8.33. The van der Waals surface area contributed by atoms with Crippen molar-refractivity contribution in [1.82, 2.24) is 14.5 Å². The molecule has 4 N–H and O–H groups in total. The minimum Gasteiger partial charge on any atom is -0.406 e. The Balaban J connectivity index is 1.58. The molecule has 0 spiro atoms. The molecule has 1 saturated heterocycles. The van der Waals surface area contributed by atoms with Gasteiger partial charge in [-0.15, -0.1) is 13.2 Å². The van der Waals surface area contributed by atoms with Gasteiger partial charge in [0.25, 0.3) is 0 Å². The first-order valence-electron chi connectivity index (χ1n) is 8.83. The molecule has 1 aliphatic rings. The van der Waals surface area contributed by atoms with E-state index in [1.807, 2.05) is 0 Å². The van der Waals surface area contributed by atoms with Crippen LogP contribution in [0.1, 0.15) is 6.23 Å². The van der Waals surface area contributed by atoms with Crippen LogP contribution in [0.2, 0.25) is 0 Å². The number of benzene rings is 1. The number of fused-ring (bicyclic) bond motifs is 1. The van der Waals surface area contributed by atoms with E-state index < -0.39 is 37.5 Å². The Kier molecular flexibility index (Phi) is 5.24. The standard InChI is InChI=1S/C18H17F3N4O5/c19-18(20,21)30-10-3-1-9(2-4-10)24-15-11-5-6-25(16(11)23-8-22-15)17-14(28)13(27)12(7-26)29-17/h1-6,8,12-14,17,26-28H,7H2,(H,22,23,24)/t12-,13-,14?,17?/m1/s1. The average molecular weight is 426 g/mol. The molecular formula is C18H17F3N4O5. The quantitative estimate of drug-likeness (QED) is 0.486. The molecule has 0 bridgehead atoms. The number of ether oxygens (including phenoxy) is 2. The largest absolute Gasteiger partial charge is 0.573 e. The highest BCUT2D eigenvalue weighted by atomic mass is 19.4. The maximum absolute atomic E-state index is 12.3. The van der Waals surface area contributed by atoms with Gasteiger partial charge in [-0.1, -0.05) is 0 Å². The van der Waals surface area contributed by atoms with Crippen molar-refractivity contribution < 1.29 is 38.0 Å². The Morgan fingerprint density at radius 3 is 2.47 bits per heavy atom. The van der Waals surface area contributed by atoms with E-state index in [2.05, 4.69) is 20.0 Å². The molecule has 0 radical (unpaired) electrons. The van der Waals surface area contributed by atoms with Crippen LogP contribution in [0.3, 0.4) is 0 Å². The summed E-state index contributed by atoms with van der Waals surface area (Å²) in [5.74, 6) is 0.0198. The molecule has 9 nitrogen and oxygen atoms in total. The number of hydrogen-bond acceptors (Lipinski definition) is 8. The second-order valence-electron chi connectivity index (χ2n) is 6.61. The van der Waals surface area contributed by atoms with Crippen molar-refractivity contribution in [3.63, 3.8) is 0 Å². The molecule has 0 amide bonds.